The van der Waals surface area contributed by atoms with E-state index in [2.05, 4.69) is 5.32 Å². The van der Waals surface area contributed by atoms with Crippen LogP contribution in [-0.2, 0) is 0 Å². The minimum absolute atomic E-state index is 0.0491. The smallest absolute Gasteiger partial charge is 0.163 e. The number of benzene rings is 1. The van der Waals surface area contributed by atoms with E-state index in [1.807, 2.05) is 0 Å². The first-order valence-corrected chi connectivity index (χ1v) is 4.66. The summed E-state index contributed by atoms with van der Waals surface area (Å²) >= 11 is 5.72. The van der Waals surface area contributed by atoms with Crippen LogP contribution in [0.1, 0.15) is 0 Å². The SMILES string of the molecule is N#CC(C#N)=C(C#N)Nc1ccc(F)cc1Cl. The fourth-order valence-corrected chi connectivity index (χ4v) is 1.22. The van der Waals surface area contributed by atoms with E-state index >= 15 is 0 Å². The molecular formula is C11H4ClFN4. The fourth-order valence-electron chi connectivity index (χ4n) is 1.01. The molecule has 0 radical (unpaired) electrons. The van der Waals surface area contributed by atoms with Crippen LogP contribution in [0.25, 0.3) is 0 Å². The van der Waals surface area contributed by atoms with Gasteiger partial charge in [-0.3, -0.25) is 0 Å². The van der Waals surface area contributed by atoms with Crippen LogP contribution in [0.15, 0.2) is 29.5 Å². The van der Waals surface area contributed by atoms with Crippen molar-refractivity contribution in [3.05, 3.63) is 40.3 Å². The second-order valence-corrected chi connectivity index (χ2v) is 3.24. The van der Waals surface area contributed by atoms with Gasteiger partial charge in [-0.25, -0.2) is 4.39 Å². The number of allylic oxidation sites excluding steroid dienone is 2. The molecule has 0 bridgehead atoms. The van der Waals surface area contributed by atoms with E-state index in [1.165, 1.54) is 6.07 Å². The molecule has 0 amide bonds. The summed E-state index contributed by atoms with van der Waals surface area (Å²) in [5.41, 5.74) is -0.357. The van der Waals surface area contributed by atoms with E-state index in [0.717, 1.165) is 12.1 Å². The first kappa shape index (κ1) is 12.5. The van der Waals surface area contributed by atoms with E-state index in [9.17, 15) is 4.39 Å². The molecule has 0 heterocycles. The molecule has 0 aromatic heterocycles. The van der Waals surface area contributed by atoms with Crippen molar-refractivity contribution in [1.82, 2.24) is 0 Å². The zero-order valence-electron chi connectivity index (χ0n) is 8.33. The Morgan fingerprint density at radius 3 is 2.29 bits per heavy atom. The van der Waals surface area contributed by atoms with Gasteiger partial charge in [0.05, 0.1) is 10.7 Å². The van der Waals surface area contributed by atoms with Crippen molar-refractivity contribution in [2.75, 3.05) is 5.32 Å². The Morgan fingerprint density at radius 1 is 1.18 bits per heavy atom. The number of halogens is 2. The van der Waals surface area contributed by atoms with E-state index in [4.69, 9.17) is 27.4 Å². The Kier molecular flexibility index (Phi) is 4.06. The normalized spacial score (nSPS) is 8.41. The highest BCUT2D eigenvalue weighted by Gasteiger charge is 2.08. The monoisotopic (exact) mass is 246 g/mol. The van der Waals surface area contributed by atoms with Crippen LogP contribution in [0.4, 0.5) is 10.1 Å². The van der Waals surface area contributed by atoms with Gasteiger partial charge in [-0.15, -0.1) is 0 Å². The summed E-state index contributed by atoms with van der Waals surface area (Å²) < 4.78 is 12.8. The lowest BCUT2D eigenvalue weighted by atomic mass is 10.2. The molecule has 0 aliphatic heterocycles. The summed E-state index contributed by atoms with van der Waals surface area (Å²) in [5.74, 6) is -0.524. The summed E-state index contributed by atoms with van der Waals surface area (Å²) in [7, 11) is 0. The number of nitriles is 3. The molecule has 82 valence electrons. The molecule has 1 rings (SSSR count). The Hall–Kier alpha value is -2.55. The molecule has 0 unspecified atom stereocenters. The highest BCUT2D eigenvalue weighted by molar-refractivity contribution is 6.33. The summed E-state index contributed by atoms with van der Waals surface area (Å²) in [5, 5.41) is 28.5. The lowest BCUT2D eigenvalue weighted by Gasteiger charge is -2.06. The number of nitrogens with one attached hydrogen (secondary N) is 1. The Labute approximate surface area is 102 Å². The molecule has 0 saturated carbocycles. The van der Waals surface area contributed by atoms with Gasteiger partial charge in [-0.1, -0.05) is 11.6 Å². The van der Waals surface area contributed by atoms with Crippen LogP contribution in [0.5, 0.6) is 0 Å². The number of hydrogen-bond donors (Lipinski definition) is 1. The molecule has 1 aromatic rings. The molecule has 6 heteroatoms. The van der Waals surface area contributed by atoms with Gasteiger partial charge >= 0.3 is 0 Å². The van der Waals surface area contributed by atoms with Crippen LogP contribution in [-0.4, -0.2) is 0 Å². The quantitative estimate of drug-likeness (QED) is 0.813. The Morgan fingerprint density at radius 2 is 1.82 bits per heavy atom. The maximum atomic E-state index is 12.8. The molecule has 0 spiro atoms. The van der Waals surface area contributed by atoms with E-state index in [-0.39, 0.29) is 22.0 Å². The van der Waals surface area contributed by atoms with Crippen LogP contribution < -0.4 is 5.32 Å². The standard InChI is InChI=1S/C11H4ClFN4/c12-9-3-8(13)1-2-10(9)17-11(6-16)7(4-14)5-15/h1-3,17H. The van der Waals surface area contributed by atoms with Gasteiger partial charge in [-0.05, 0) is 18.2 Å². The second-order valence-electron chi connectivity index (χ2n) is 2.83. The van der Waals surface area contributed by atoms with E-state index in [1.54, 1.807) is 18.2 Å². The summed E-state index contributed by atoms with van der Waals surface area (Å²) in [6, 6.07) is 8.31. The lowest BCUT2D eigenvalue weighted by molar-refractivity contribution is 0.628. The second kappa shape index (κ2) is 5.51. The molecule has 0 saturated heterocycles. The molecular weight excluding hydrogens is 243 g/mol. The number of nitrogens with zero attached hydrogens (tertiary/aromatic N) is 3. The number of hydrogen-bond acceptors (Lipinski definition) is 4. The average molecular weight is 247 g/mol. The predicted octanol–water partition coefficient (Wildman–Crippen LogP) is 2.72. The zero-order valence-corrected chi connectivity index (χ0v) is 9.09. The number of rotatable bonds is 2. The third kappa shape index (κ3) is 2.95. The number of anilines is 1. The topological polar surface area (TPSA) is 83.4 Å². The van der Waals surface area contributed by atoms with Crippen molar-refractivity contribution in [1.29, 1.82) is 15.8 Å². The van der Waals surface area contributed by atoms with Gasteiger partial charge in [0, 0.05) is 0 Å². The molecule has 4 nitrogen and oxygen atoms in total. The average Bonchev–Trinajstić information content (AvgIpc) is 2.32. The highest BCUT2D eigenvalue weighted by Crippen LogP contribution is 2.24. The van der Waals surface area contributed by atoms with Crippen LogP contribution in [0.2, 0.25) is 5.02 Å². The summed E-state index contributed by atoms with van der Waals surface area (Å²) in [6.07, 6.45) is 0. The molecule has 0 fully saturated rings. The minimum Gasteiger partial charge on any atom is -0.344 e. The summed E-state index contributed by atoms with van der Waals surface area (Å²) in [4.78, 5) is 0. The van der Waals surface area contributed by atoms with Gasteiger partial charge in [0.25, 0.3) is 0 Å². The third-order valence-electron chi connectivity index (χ3n) is 1.78. The summed E-state index contributed by atoms with van der Waals surface area (Å²) in [6.45, 7) is 0. The van der Waals surface area contributed by atoms with Crippen molar-refractivity contribution in [3.8, 4) is 18.2 Å². The molecule has 1 aromatic carbocycles. The highest BCUT2D eigenvalue weighted by atomic mass is 35.5. The first-order valence-electron chi connectivity index (χ1n) is 4.29. The lowest BCUT2D eigenvalue weighted by Crippen LogP contribution is -2.01. The van der Waals surface area contributed by atoms with Gasteiger partial charge in [-0.2, -0.15) is 15.8 Å². The maximum absolute atomic E-state index is 12.8. The Balaban J connectivity index is 3.16. The van der Waals surface area contributed by atoms with Crippen molar-refractivity contribution in [2.24, 2.45) is 0 Å². The van der Waals surface area contributed by atoms with Crippen molar-refractivity contribution >= 4 is 17.3 Å². The molecule has 0 atom stereocenters. The van der Waals surface area contributed by atoms with E-state index in [0.29, 0.717) is 0 Å². The molecule has 17 heavy (non-hydrogen) atoms. The zero-order chi connectivity index (χ0) is 12.8. The van der Waals surface area contributed by atoms with Gasteiger partial charge in [0.2, 0.25) is 0 Å². The van der Waals surface area contributed by atoms with Crippen molar-refractivity contribution < 1.29 is 4.39 Å². The van der Waals surface area contributed by atoms with Gasteiger partial charge in [0.1, 0.15) is 29.7 Å². The third-order valence-corrected chi connectivity index (χ3v) is 2.09. The van der Waals surface area contributed by atoms with E-state index < -0.39 is 5.82 Å². The fraction of sp³-hybridized carbons (Fsp3) is 0. The van der Waals surface area contributed by atoms with Crippen molar-refractivity contribution in [2.45, 2.75) is 0 Å². The molecule has 1 N–H and O–H groups in total. The maximum Gasteiger partial charge on any atom is 0.163 e. The first-order chi connectivity index (χ1) is 8.12. The molecule has 0 aliphatic carbocycles. The minimum atomic E-state index is -0.524. The van der Waals surface area contributed by atoms with Gasteiger partial charge in [0.15, 0.2) is 5.57 Å². The van der Waals surface area contributed by atoms with Crippen molar-refractivity contribution in [3.63, 3.8) is 0 Å². The largest absolute Gasteiger partial charge is 0.344 e. The van der Waals surface area contributed by atoms with Crippen LogP contribution >= 0.6 is 11.6 Å². The predicted molar refractivity (Wildman–Crippen MR) is 58.9 cm³/mol. The Bertz CT molecular complexity index is 585. The van der Waals surface area contributed by atoms with Crippen LogP contribution in [0, 0.1) is 39.8 Å². The molecule has 0 aliphatic rings. The van der Waals surface area contributed by atoms with Gasteiger partial charge < -0.3 is 5.32 Å². The van der Waals surface area contributed by atoms with Crippen LogP contribution in [0.3, 0.4) is 0 Å².